The van der Waals surface area contributed by atoms with Crippen molar-refractivity contribution in [3.63, 3.8) is 0 Å². The number of rotatable bonds is 42. The summed E-state index contributed by atoms with van der Waals surface area (Å²) in [5.41, 5.74) is 2.61. The first-order chi connectivity index (χ1) is 42.9. The van der Waals surface area contributed by atoms with Crippen LogP contribution >= 0.6 is 23.2 Å². The summed E-state index contributed by atoms with van der Waals surface area (Å²) in [5.74, 6) is -0.365. The average Bonchev–Trinajstić information content (AvgIpc) is 3.44. The number of esters is 4. The number of unbranched alkanes of at least 4 members (excludes halogenated alkanes) is 26. The number of carbonyl (C=O) groups is 4. The molecule has 0 bridgehead atoms. The highest BCUT2D eigenvalue weighted by Crippen LogP contribution is 2.32. The molecule has 0 aliphatic carbocycles. The molecule has 0 saturated carbocycles. The summed E-state index contributed by atoms with van der Waals surface area (Å²) in [6.45, 7) is 9.20. The van der Waals surface area contributed by atoms with Gasteiger partial charge in [-0.2, -0.15) is 0 Å². The van der Waals surface area contributed by atoms with Gasteiger partial charge in [0.2, 0.25) is 0 Å². The van der Waals surface area contributed by atoms with Crippen molar-refractivity contribution in [2.45, 2.75) is 207 Å². The lowest BCUT2D eigenvalue weighted by Gasteiger charge is -2.10. The monoisotopic (exact) mass is 1240 g/mol. The van der Waals surface area contributed by atoms with Crippen molar-refractivity contribution in [2.75, 3.05) is 13.2 Å². The molecule has 0 amide bonds. The Labute approximate surface area is 534 Å². The molecule has 0 aliphatic heterocycles. The molecule has 0 N–H and O–H groups in total. The van der Waals surface area contributed by atoms with E-state index in [1.165, 1.54) is 203 Å². The number of hydrogen-bond acceptors (Lipinski definition) is 10. The van der Waals surface area contributed by atoms with Gasteiger partial charge in [0.15, 0.2) is 0 Å². The SMILES string of the molecule is CCCCCCCCCCCCCCCCOc1ccc(/C=C(\C)C(=O)Oc2ccc(C(=O)Oc3ccc4ccc(OC(=O)c5ccc(OC(=O)/C(C)=C/c6ccc(OCCCCCCCCCCCCCCCC)cc6)c(Cl)c5)cc4c3)cc2Cl)cc1. The highest BCUT2D eigenvalue weighted by Gasteiger charge is 2.18. The van der Waals surface area contributed by atoms with Crippen LogP contribution in [0.5, 0.6) is 34.5 Å². The summed E-state index contributed by atoms with van der Waals surface area (Å²) in [7, 11) is 0. The summed E-state index contributed by atoms with van der Waals surface area (Å²) >= 11 is 13.1. The van der Waals surface area contributed by atoms with Gasteiger partial charge in [0.25, 0.3) is 0 Å². The molecule has 472 valence electrons. The topological polar surface area (TPSA) is 124 Å². The molecule has 6 aromatic carbocycles. The standard InChI is InChI=1S/C76H94Cl2O10/c1-5-7-9-11-13-15-17-19-21-23-25-27-29-31-49-83-65-41-33-59(34-42-65)51-57(3)73(79)87-71-47-39-62(55-69(71)77)75(81)85-67-45-37-61-38-46-68(54-64(61)53-67)86-76(82)63-40-48-72(70(78)56-63)88-74(80)58(4)52-60-35-43-66(44-36-60)84-50-32-30-28-26-24-22-20-18-16-14-12-10-8-6-2/h33-48,51-56H,5-32,49-50H2,1-4H3/b57-51+,58-52+. The lowest BCUT2D eigenvalue weighted by atomic mass is 10.0. The van der Waals surface area contributed by atoms with Crippen LogP contribution in [0.3, 0.4) is 0 Å². The minimum atomic E-state index is -0.692. The first-order valence-corrected chi connectivity index (χ1v) is 33.5. The van der Waals surface area contributed by atoms with Crippen LogP contribution in [-0.4, -0.2) is 37.1 Å². The number of halogens is 2. The lowest BCUT2D eigenvalue weighted by Crippen LogP contribution is -2.11. The Morgan fingerprint density at radius 1 is 0.341 bits per heavy atom. The summed E-state index contributed by atoms with van der Waals surface area (Å²) in [4.78, 5) is 52.9. The smallest absolute Gasteiger partial charge is 0.343 e. The maximum Gasteiger partial charge on any atom is 0.343 e. The van der Waals surface area contributed by atoms with Gasteiger partial charge in [-0.05, 0) is 146 Å². The Morgan fingerprint density at radius 3 is 0.966 bits per heavy atom. The molecule has 10 nitrogen and oxygen atoms in total. The van der Waals surface area contributed by atoms with Crippen molar-refractivity contribution in [2.24, 2.45) is 0 Å². The Bertz CT molecular complexity index is 2940. The van der Waals surface area contributed by atoms with E-state index in [1.54, 1.807) is 62.4 Å². The molecule has 0 spiro atoms. The van der Waals surface area contributed by atoms with Gasteiger partial charge in [0.05, 0.1) is 34.4 Å². The fourth-order valence-corrected chi connectivity index (χ4v) is 10.8. The summed E-state index contributed by atoms with van der Waals surface area (Å²) in [6.07, 6.45) is 40.3. The molecular weight excluding hydrogens is 1140 g/mol. The Morgan fingerprint density at radius 2 is 0.648 bits per heavy atom. The van der Waals surface area contributed by atoms with Crippen LogP contribution in [0.25, 0.3) is 22.9 Å². The van der Waals surface area contributed by atoms with Crippen molar-refractivity contribution in [3.05, 3.63) is 165 Å². The second-order valence-corrected chi connectivity index (χ2v) is 24.0. The summed E-state index contributed by atoms with van der Waals surface area (Å²) in [6, 6.07) is 33.8. The van der Waals surface area contributed by atoms with Gasteiger partial charge in [-0.1, -0.05) is 240 Å². The quantitative estimate of drug-likeness (QED) is 0.0158. The molecule has 0 atom stereocenters. The molecule has 0 aromatic heterocycles. The first kappa shape index (κ1) is 70.2. The third-order valence-electron chi connectivity index (χ3n) is 15.6. The molecule has 0 heterocycles. The number of carbonyl (C=O) groups excluding carboxylic acids is 4. The van der Waals surface area contributed by atoms with Crippen molar-refractivity contribution in [3.8, 4) is 34.5 Å². The number of fused-ring (bicyclic) bond motifs is 1. The molecule has 0 fully saturated rings. The number of benzene rings is 6. The number of ether oxygens (including phenoxy) is 6. The lowest BCUT2D eigenvalue weighted by molar-refractivity contribution is -0.130. The minimum absolute atomic E-state index is 0.0498. The zero-order valence-corrected chi connectivity index (χ0v) is 54.3. The van der Waals surface area contributed by atoms with Crippen molar-refractivity contribution in [1.82, 2.24) is 0 Å². The fourth-order valence-electron chi connectivity index (χ4n) is 10.4. The van der Waals surface area contributed by atoms with Crippen LogP contribution in [-0.2, 0) is 9.59 Å². The molecule has 6 rings (SSSR count). The van der Waals surface area contributed by atoms with Crippen molar-refractivity contribution >= 4 is 70.0 Å². The van der Waals surface area contributed by atoms with Crippen LogP contribution < -0.4 is 28.4 Å². The molecule has 0 unspecified atom stereocenters. The molecule has 88 heavy (non-hydrogen) atoms. The summed E-state index contributed by atoms with van der Waals surface area (Å²) in [5, 5.41) is 1.52. The van der Waals surface area contributed by atoms with E-state index in [0.717, 1.165) is 40.9 Å². The van der Waals surface area contributed by atoms with E-state index in [9.17, 15) is 19.2 Å². The van der Waals surface area contributed by atoms with Crippen LogP contribution in [0.1, 0.15) is 239 Å². The fraction of sp³-hybridized carbons (Fsp3) is 0.447. The third-order valence-corrected chi connectivity index (χ3v) is 16.2. The van der Waals surface area contributed by atoms with E-state index in [1.807, 2.05) is 48.5 Å². The van der Waals surface area contributed by atoms with E-state index in [4.69, 9.17) is 51.6 Å². The van der Waals surface area contributed by atoms with Gasteiger partial charge in [-0.25, -0.2) is 19.2 Å². The predicted molar refractivity (Wildman–Crippen MR) is 360 cm³/mol. The van der Waals surface area contributed by atoms with Gasteiger partial charge >= 0.3 is 23.9 Å². The highest BCUT2D eigenvalue weighted by atomic mass is 35.5. The maximum atomic E-state index is 13.3. The Balaban J connectivity index is 0.876. The second-order valence-electron chi connectivity index (χ2n) is 23.2. The second kappa shape index (κ2) is 40.6. The molecule has 0 saturated heterocycles. The van der Waals surface area contributed by atoms with Crippen LogP contribution in [0.15, 0.2) is 132 Å². The average molecular weight is 1240 g/mol. The van der Waals surface area contributed by atoms with Gasteiger partial charge in [-0.3, -0.25) is 0 Å². The molecule has 0 radical (unpaired) electrons. The van der Waals surface area contributed by atoms with E-state index in [2.05, 4.69) is 13.8 Å². The van der Waals surface area contributed by atoms with E-state index in [0.29, 0.717) is 29.7 Å². The molecule has 12 heteroatoms. The molecular formula is C76H94Cl2O10. The van der Waals surface area contributed by atoms with Gasteiger partial charge in [0.1, 0.15) is 34.5 Å². The van der Waals surface area contributed by atoms with Crippen LogP contribution in [0.4, 0.5) is 0 Å². The largest absolute Gasteiger partial charge is 0.494 e. The summed E-state index contributed by atoms with van der Waals surface area (Å²) < 4.78 is 34.6. The van der Waals surface area contributed by atoms with Crippen molar-refractivity contribution in [1.29, 1.82) is 0 Å². The highest BCUT2D eigenvalue weighted by molar-refractivity contribution is 6.33. The van der Waals surface area contributed by atoms with Gasteiger partial charge < -0.3 is 28.4 Å². The third kappa shape index (κ3) is 26.4. The Hall–Kier alpha value is -6.88. The molecule has 0 aliphatic rings. The maximum absolute atomic E-state index is 13.3. The van der Waals surface area contributed by atoms with Crippen molar-refractivity contribution < 1.29 is 47.6 Å². The zero-order chi connectivity index (χ0) is 62.6. The normalized spacial score (nSPS) is 11.6. The minimum Gasteiger partial charge on any atom is -0.494 e. The van der Waals surface area contributed by atoms with Gasteiger partial charge in [-0.15, -0.1) is 0 Å². The van der Waals surface area contributed by atoms with Crippen LogP contribution in [0, 0.1) is 0 Å². The van der Waals surface area contributed by atoms with E-state index in [-0.39, 0.29) is 44.2 Å². The Kier molecular flexibility index (Phi) is 32.4. The predicted octanol–water partition coefficient (Wildman–Crippen LogP) is 22.3. The first-order valence-electron chi connectivity index (χ1n) is 32.7. The number of hydrogen-bond donors (Lipinski definition) is 0. The zero-order valence-electron chi connectivity index (χ0n) is 52.8. The van der Waals surface area contributed by atoms with E-state index >= 15 is 0 Å². The molecule has 6 aromatic rings. The van der Waals surface area contributed by atoms with E-state index < -0.39 is 23.9 Å². The van der Waals surface area contributed by atoms with Gasteiger partial charge in [0, 0.05) is 11.1 Å². The van der Waals surface area contributed by atoms with Crippen LogP contribution in [0.2, 0.25) is 10.0 Å².